The standard InChI is InChI=1S/C12H24N2O3/c1-12(2,3)17-11(15)9-14(4)8-10-7-13-5-6-16-10/h10,13H,5-9H2,1-4H3/t10-/m0/s1. The van der Waals surface area contributed by atoms with Crippen LogP contribution in [-0.2, 0) is 14.3 Å². The summed E-state index contributed by atoms with van der Waals surface area (Å²) in [5.74, 6) is -0.191. The number of nitrogens with zero attached hydrogens (tertiary/aromatic N) is 1. The zero-order valence-electron chi connectivity index (χ0n) is 11.3. The molecule has 17 heavy (non-hydrogen) atoms. The highest BCUT2D eigenvalue weighted by Crippen LogP contribution is 2.07. The van der Waals surface area contributed by atoms with Crippen LogP contribution in [0.3, 0.4) is 0 Å². The number of carbonyl (C=O) groups is 1. The maximum atomic E-state index is 11.6. The molecule has 0 aromatic carbocycles. The first-order valence-corrected chi connectivity index (χ1v) is 6.09. The van der Waals surface area contributed by atoms with Crippen molar-refractivity contribution in [2.24, 2.45) is 0 Å². The second-order valence-electron chi connectivity index (χ2n) is 5.48. The first-order valence-electron chi connectivity index (χ1n) is 6.09. The maximum Gasteiger partial charge on any atom is 0.320 e. The van der Waals surface area contributed by atoms with Crippen molar-refractivity contribution in [2.45, 2.75) is 32.5 Å². The number of carbonyl (C=O) groups excluding carboxylic acids is 1. The highest BCUT2D eigenvalue weighted by atomic mass is 16.6. The lowest BCUT2D eigenvalue weighted by Gasteiger charge is -2.28. The van der Waals surface area contributed by atoms with Gasteiger partial charge in [-0.05, 0) is 27.8 Å². The molecule has 1 aliphatic heterocycles. The number of morpholine rings is 1. The Hall–Kier alpha value is -0.650. The summed E-state index contributed by atoms with van der Waals surface area (Å²) in [5.41, 5.74) is -0.416. The summed E-state index contributed by atoms with van der Waals surface area (Å²) in [6.45, 7) is 9.16. The molecular weight excluding hydrogens is 220 g/mol. The topological polar surface area (TPSA) is 50.8 Å². The van der Waals surface area contributed by atoms with Gasteiger partial charge in [0.25, 0.3) is 0 Å². The summed E-state index contributed by atoms with van der Waals surface area (Å²) < 4.78 is 10.8. The summed E-state index contributed by atoms with van der Waals surface area (Å²) in [4.78, 5) is 13.5. The monoisotopic (exact) mass is 244 g/mol. The third-order valence-corrected chi connectivity index (χ3v) is 2.34. The molecule has 0 aromatic rings. The van der Waals surface area contributed by atoms with Crippen LogP contribution in [0.25, 0.3) is 0 Å². The largest absolute Gasteiger partial charge is 0.459 e. The SMILES string of the molecule is CN(CC(=O)OC(C)(C)C)C[C@@H]1CNCCO1. The Bertz CT molecular complexity index is 245. The lowest BCUT2D eigenvalue weighted by Crippen LogP contribution is -2.45. The average molecular weight is 244 g/mol. The minimum atomic E-state index is -0.416. The smallest absolute Gasteiger partial charge is 0.320 e. The normalized spacial score (nSPS) is 21.6. The molecule has 0 unspecified atom stereocenters. The highest BCUT2D eigenvalue weighted by Gasteiger charge is 2.20. The fraction of sp³-hybridized carbons (Fsp3) is 0.917. The molecule has 0 amide bonds. The summed E-state index contributed by atoms with van der Waals surface area (Å²) in [6, 6.07) is 0. The van der Waals surface area contributed by atoms with Gasteiger partial charge in [-0.1, -0.05) is 0 Å². The van der Waals surface area contributed by atoms with E-state index in [1.165, 1.54) is 0 Å². The molecule has 1 fully saturated rings. The number of rotatable bonds is 4. The molecule has 1 rings (SSSR count). The van der Waals surface area contributed by atoms with Crippen molar-refractivity contribution < 1.29 is 14.3 Å². The summed E-state index contributed by atoms with van der Waals surface area (Å²) in [7, 11) is 1.90. The molecule has 1 aliphatic rings. The van der Waals surface area contributed by atoms with E-state index in [1.54, 1.807) is 0 Å². The number of ether oxygens (including phenoxy) is 2. The molecule has 1 N–H and O–H groups in total. The Kier molecular flexibility index (Phi) is 5.36. The van der Waals surface area contributed by atoms with Gasteiger partial charge in [-0.2, -0.15) is 0 Å². The number of hydrogen-bond donors (Lipinski definition) is 1. The van der Waals surface area contributed by atoms with Crippen LogP contribution in [0, 0.1) is 0 Å². The zero-order chi connectivity index (χ0) is 12.9. The first-order chi connectivity index (χ1) is 7.87. The Morgan fingerprint density at radius 3 is 2.76 bits per heavy atom. The molecule has 1 saturated heterocycles. The second kappa shape index (κ2) is 6.33. The Labute approximate surface area is 103 Å². The van der Waals surface area contributed by atoms with Gasteiger partial charge in [0.1, 0.15) is 5.60 Å². The van der Waals surface area contributed by atoms with Crippen LogP contribution in [0.5, 0.6) is 0 Å². The molecule has 5 nitrogen and oxygen atoms in total. The molecule has 0 bridgehead atoms. The van der Waals surface area contributed by atoms with Gasteiger partial charge in [-0.25, -0.2) is 0 Å². The van der Waals surface area contributed by atoms with E-state index in [9.17, 15) is 4.79 Å². The first kappa shape index (κ1) is 14.4. The van der Waals surface area contributed by atoms with Gasteiger partial charge in [0.05, 0.1) is 19.3 Å². The van der Waals surface area contributed by atoms with Crippen LogP contribution in [0.15, 0.2) is 0 Å². The van der Waals surface area contributed by atoms with Crippen LogP contribution in [-0.4, -0.2) is 62.4 Å². The van der Waals surface area contributed by atoms with Crippen molar-refractivity contribution in [1.82, 2.24) is 10.2 Å². The summed E-state index contributed by atoms with van der Waals surface area (Å²) in [6.07, 6.45) is 0.163. The summed E-state index contributed by atoms with van der Waals surface area (Å²) >= 11 is 0. The molecule has 0 aromatic heterocycles. The number of esters is 1. The zero-order valence-corrected chi connectivity index (χ0v) is 11.3. The van der Waals surface area contributed by atoms with E-state index in [-0.39, 0.29) is 12.1 Å². The molecule has 1 atom stereocenters. The van der Waals surface area contributed by atoms with E-state index in [1.807, 2.05) is 32.7 Å². The van der Waals surface area contributed by atoms with Crippen LogP contribution < -0.4 is 5.32 Å². The minimum absolute atomic E-state index is 0.163. The van der Waals surface area contributed by atoms with Crippen molar-refractivity contribution in [1.29, 1.82) is 0 Å². The van der Waals surface area contributed by atoms with Crippen molar-refractivity contribution in [3.05, 3.63) is 0 Å². The molecule has 100 valence electrons. The van der Waals surface area contributed by atoms with Crippen molar-refractivity contribution in [3.8, 4) is 0 Å². The second-order valence-corrected chi connectivity index (χ2v) is 5.48. The average Bonchev–Trinajstić information content (AvgIpc) is 2.15. The number of hydrogen-bond acceptors (Lipinski definition) is 5. The lowest BCUT2D eigenvalue weighted by atomic mass is 10.2. The van der Waals surface area contributed by atoms with Crippen LogP contribution in [0.4, 0.5) is 0 Å². The molecule has 0 spiro atoms. The number of nitrogens with one attached hydrogen (secondary N) is 1. The predicted octanol–water partition coefficient (Wildman–Crippen LogP) is 0.248. The van der Waals surface area contributed by atoms with E-state index >= 15 is 0 Å². The molecule has 0 aliphatic carbocycles. The molecule has 5 heteroatoms. The molecular formula is C12H24N2O3. The van der Waals surface area contributed by atoms with Crippen LogP contribution in [0.2, 0.25) is 0 Å². The molecule has 0 saturated carbocycles. The van der Waals surface area contributed by atoms with Gasteiger partial charge < -0.3 is 14.8 Å². The van der Waals surface area contributed by atoms with Crippen LogP contribution >= 0.6 is 0 Å². The van der Waals surface area contributed by atoms with Crippen molar-refractivity contribution in [3.63, 3.8) is 0 Å². The van der Waals surface area contributed by atoms with Gasteiger partial charge in [0.2, 0.25) is 0 Å². The quantitative estimate of drug-likeness (QED) is 0.718. The minimum Gasteiger partial charge on any atom is -0.459 e. The molecule has 1 heterocycles. The maximum absolute atomic E-state index is 11.6. The lowest BCUT2D eigenvalue weighted by molar-refractivity contribution is -0.156. The molecule has 0 radical (unpaired) electrons. The van der Waals surface area contributed by atoms with E-state index < -0.39 is 5.60 Å². The van der Waals surface area contributed by atoms with Gasteiger partial charge >= 0.3 is 5.97 Å². The van der Waals surface area contributed by atoms with Gasteiger partial charge in [0.15, 0.2) is 0 Å². The summed E-state index contributed by atoms with van der Waals surface area (Å²) in [5, 5.41) is 3.26. The van der Waals surface area contributed by atoms with E-state index in [2.05, 4.69) is 5.32 Å². The fourth-order valence-electron chi connectivity index (χ4n) is 1.74. The van der Waals surface area contributed by atoms with Gasteiger partial charge in [-0.3, -0.25) is 9.69 Å². The van der Waals surface area contributed by atoms with Crippen molar-refractivity contribution >= 4 is 5.97 Å². The van der Waals surface area contributed by atoms with Gasteiger partial charge in [-0.15, -0.1) is 0 Å². The predicted molar refractivity (Wildman–Crippen MR) is 66.0 cm³/mol. The Morgan fingerprint density at radius 2 is 2.24 bits per heavy atom. The fourth-order valence-corrected chi connectivity index (χ4v) is 1.74. The van der Waals surface area contributed by atoms with Crippen LogP contribution in [0.1, 0.15) is 20.8 Å². The Balaban J connectivity index is 2.23. The number of likely N-dealkylation sites (N-methyl/N-ethyl adjacent to an activating group) is 1. The van der Waals surface area contributed by atoms with E-state index in [0.29, 0.717) is 6.54 Å². The van der Waals surface area contributed by atoms with Crippen molar-refractivity contribution in [2.75, 3.05) is 39.8 Å². The third kappa shape index (κ3) is 6.61. The Morgan fingerprint density at radius 1 is 1.53 bits per heavy atom. The highest BCUT2D eigenvalue weighted by molar-refractivity contribution is 5.72. The van der Waals surface area contributed by atoms with E-state index in [4.69, 9.17) is 9.47 Å². The third-order valence-electron chi connectivity index (χ3n) is 2.34. The van der Waals surface area contributed by atoms with E-state index in [0.717, 1.165) is 26.2 Å². The van der Waals surface area contributed by atoms with Gasteiger partial charge in [0, 0.05) is 19.6 Å².